The molecule has 0 atom stereocenters. The quantitative estimate of drug-likeness (QED) is 0.515. The molecule has 0 spiro atoms. The number of rotatable bonds is 2. The highest BCUT2D eigenvalue weighted by molar-refractivity contribution is 7.12. The molecule has 3 heteroatoms. The summed E-state index contributed by atoms with van der Waals surface area (Å²) in [5, 5.41) is 1.86. The van der Waals surface area contributed by atoms with Crippen molar-refractivity contribution < 1.29 is 4.79 Å². The summed E-state index contributed by atoms with van der Waals surface area (Å²) in [5.74, 6) is -0.0301. The predicted molar refractivity (Wildman–Crippen MR) is 42.0 cm³/mol. The van der Waals surface area contributed by atoms with Gasteiger partial charge in [-0.15, -0.1) is 11.3 Å². The second kappa shape index (κ2) is 3.17. The zero-order chi connectivity index (χ0) is 7.40. The van der Waals surface area contributed by atoms with Gasteiger partial charge in [0.1, 0.15) is 0 Å². The topological polar surface area (TPSA) is 43.1 Å². The number of thiophene rings is 1. The molecule has 0 radical (unpaired) electrons. The number of carbonyl (C=O) groups excluding carboxylic acids is 1. The standard InChI is InChI=1S/C7H7NOS/c8-4-3-6(9)7-2-1-5-10-7/h1-5H,8H2/b4-3-. The first kappa shape index (κ1) is 7.02. The van der Waals surface area contributed by atoms with Crippen molar-refractivity contribution in [3.63, 3.8) is 0 Å². The zero-order valence-electron chi connectivity index (χ0n) is 5.28. The maximum atomic E-state index is 10.9. The lowest BCUT2D eigenvalue weighted by Crippen LogP contribution is -1.90. The molecule has 1 aromatic rings. The lowest BCUT2D eigenvalue weighted by Gasteiger charge is -1.83. The Morgan fingerprint density at radius 1 is 1.70 bits per heavy atom. The first-order valence-corrected chi connectivity index (χ1v) is 3.68. The van der Waals surface area contributed by atoms with Crippen molar-refractivity contribution in [3.05, 3.63) is 34.7 Å². The first-order valence-electron chi connectivity index (χ1n) is 2.80. The molecule has 10 heavy (non-hydrogen) atoms. The minimum absolute atomic E-state index is 0.0301. The van der Waals surface area contributed by atoms with Crippen molar-refractivity contribution in [3.8, 4) is 0 Å². The molecule has 0 unspecified atom stereocenters. The first-order chi connectivity index (χ1) is 4.84. The maximum Gasteiger partial charge on any atom is 0.197 e. The molecule has 0 bridgehead atoms. The number of hydrogen-bond donors (Lipinski definition) is 1. The highest BCUT2D eigenvalue weighted by atomic mass is 32.1. The molecule has 2 nitrogen and oxygen atoms in total. The molecule has 1 heterocycles. The molecular weight excluding hydrogens is 146 g/mol. The van der Waals surface area contributed by atoms with Crippen molar-refractivity contribution in [2.75, 3.05) is 0 Å². The minimum atomic E-state index is -0.0301. The Hall–Kier alpha value is -1.09. The van der Waals surface area contributed by atoms with Crippen LogP contribution in [0.4, 0.5) is 0 Å². The predicted octanol–water partition coefficient (Wildman–Crippen LogP) is 1.40. The van der Waals surface area contributed by atoms with E-state index in [-0.39, 0.29) is 5.78 Å². The smallest absolute Gasteiger partial charge is 0.197 e. The highest BCUT2D eigenvalue weighted by Gasteiger charge is 1.99. The number of nitrogens with two attached hydrogens (primary N) is 1. The summed E-state index contributed by atoms with van der Waals surface area (Å²) < 4.78 is 0. The van der Waals surface area contributed by atoms with Gasteiger partial charge in [-0.25, -0.2) is 0 Å². The minimum Gasteiger partial charge on any atom is -0.404 e. The van der Waals surface area contributed by atoms with Crippen LogP contribution in [0.2, 0.25) is 0 Å². The fourth-order valence-electron chi connectivity index (χ4n) is 0.588. The van der Waals surface area contributed by atoms with Gasteiger partial charge in [-0.2, -0.15) is 0 Å². The Kier molecular flexibility index (Phi) is 2.23. The fourth-order valence-corrected chi connectivity index (χ4v) is 1.23. The van der Waals surface area contributed by atoms with E-state index in [0.29, 0.717) is 0 Å². The molecule has 0 fully saturated rings. The summed E-state index contributed by atoms with van der Waals surface area (Å²) >= 11 is 1.41. The second-order valence-electron chi connectivity index (χ2n) is 1.70. The van der Waals surface area contributed by atoms with Gasteiger partial charge in [0.15, 0.2) is 5.78 Å². The molecular formula is C7H7NOS. The van der Waals surface area contributed by atoms with Gasteiger partial charge in [-0.3, -0.25) is 4.79 Å². The highest BCUT2D eigenvalue weighted by Crippen LogP contribution is 2.08. The van der Waals surface area contributed by atoms with E-state index in [2.05, 4.69) is 0 Å². The van der Waals surface area contributed by atoms with Crippen LogP contribution in [0.1, 0.15) is 9.67 Å². The van der Waals surface area contributed by atoms with E-state index in [4.69, 9.17) is 5.73 Å². The summed E-state index contributed by atoms with van der Waals surface area (Å²) in [6.07, 6.45) is 2.61. The Bertz CT molecular complexity index is 238. The third-order valence-corrected chi connectivity index (χ3v) is 1.90. The molecule has 0 saturated heterocycles. The SMILES string of the molecule is N/C=C\C(=O)c1cccs1. The molecule has 0 aliphatic heterocycles. The van der Waals surface area contributed by atoms with E-state index in [1.165, 1.54) is 23.6 Å². The molecule has 1 rings (SSSR count). The van der Waals surface area contributed by atoms with Crippen molar-refractivity contribution in [1.82, 2.24) is 0 Å². The average Bonchev–Trinajstić information content (AvgIpc) is 2.38. The molecule has 0 aliphatic carbocycles. The van der Waals surface area contributed by atoms with Crippen LogP contribution in [0.15, 0.2) is 29.8 Å². The van der Waals surface area contributed by atoms with Gasteiger partial charge in [0, 0.05) is 6.08 Å². The molecule has 0 amide bonds. The van der Waals surface area contributed by atoms with Gasteiger partial charge in [0.25, 0.3) is 0 Å². The van der Waals surface area contributed by atoms with Crippen molar-refractivity contribution in [1.29, 1.82) is 0 Å². The Labute approximate surface area is 63.0 Å². The van der Waals surface area contributed by atoms with Gasteiger partial charge in [0.2, 0.25) is 0 Å². The molecule has 0 aliphatic rings. The largest absolute Gasteiger partial charge is 0.404 e. The van der Waals surface area contributed by atoms with Crippen LogP contribution < -0.4 is 5.73 Å². The Balaban J connectivity index is 2.78. The van der Waals surface area contributed by atoms with E-state index < -0.39 is 0 Å². The van der Waals surface area contributed by atoms with E-state index in [0.717, 1.165) is 4.88 Å². The lowest BCUT2D eigenvalue weighted by molar-refractivity contribution is 0.105. The van der Waals surface area contributed by atoms with E-state index >= 15 is 0 Å². The van der Waals surface area contributed by atoms with Gasteiger partial charge >= 0.3 is 0 Å². The summed E-state index contributed by atoms with van der Waals surface area (Å²) in [7, 11) is 0. The Morgan fingerprint density at radius 3 is 3.00 bits per heavy atom. The Morgan fingerprint density at radius 2 is 2.50 bits per heavy atom. The number of hydrogen-bond acceptors (Lipinski definition) is 3. The molecule has 0 aromatic carbocycles. The molecule has 0 saturated carbocycles. The van der Waals surface area contributed by atoms with Crippen molar-refractivity contribution >= 4 is 17.1 Å². The van der Waals surface area contributed by atoms with E-state index in [1.54, 1.807) is 6.07 Å². The van der Waals surface area contributed by atoms with Gasteiger partial charge in [-0.05, 0) is 17.6 Å². The van der Waals surface area contributed by atoms with Crippen molar-refractivity contribution in [2.24, 2.45) is 5.73 Å². The monoisotopic (exact) mass is 153 g/mol. The summed E-state index contributed by atoms with van der Waals surface area (Å²) in [6, 6.07) is 3.61. The average molecular weight is 153 g/mol. The van der Waals surface area contributed by atoms with E-state index in [9.17, 15) is 4.79 Å². The van der Waals surface area contributed by atoms with Crippen LogP contribution >= 0.6 is 11.3 Å². The van der Waals surface area contributed by atoms with Crippen LogP contribution in [-0.2, 0) is 0 Å². The molecule has 52 valence electrons. The van der Waals surface area contributed by atoms with Crippen LogP contribution in [0.3, 0.4) is 0 Å². The summed E-state index contributed by atoms with van der Waals surface area (Å²) in [5.41, 5.74) is 5.04. The normalized spacial score (nSPS) is 10.4. The number of allylic oxidation sites excluding steroid dienone is 1. The third-order valence-electron chi connectivity index (χ3n) is 1.01. The summed E-state index contributed by atoms with van der Waals surface area (Å²) in [4.78, 5) is 11.7. The van der Waals surface area contributed by atoms with Gasteiger partial charge in [0.05, 0.1) is 4.88 Å². The fraction of sp³-hybridized carbons (Fsp3) is 0. The van der Waals surface area contributed by atoms with Crippen LogP contribution in [-0.4, -0.2) is 5.78 Å². The molecule has 2 N–H and O–H groups in total. The van der Waals surface area contributed by atoms with Crippen molar-refractivity contribution in [2.45, 2.75) is 0 Å². The molecule has 1 aromatic heterocycles. The third kappa shape index (κ3) is 1.45. The van der Waals surface area contributed by atoms with E-state index in [1.807, 2.05) is 11.4 Å². The second-order valence-corrected chi connectivity index (χ2v) is 2.65. The number of ketones is 1. The summed E-state index contributed by atoms with van der Waals surface area (Å²) in [6.45, 7) is 0. The van der Waals surface area contributed by atoms with Gasteiger partial charge < -0.3 is 5.73 Å². The van der Waals surface area contributed by atoms with Crippen LogP contribution in [0.5, 0.6) is 0 Å². The lowest BCUT2D eigenvalue weighted by atomic mass is 10.3. The van der Waals surface area contributed by atoms with Crippen LogP contribution in [0.25, 0.3) is 0 Å². The number of carbonyl (C=O) groups is 1. The maximum absolute atomic E-state index is 10.9. The van der Waals surface area contributed by atoms with Gasteiger partial charge in [-0.1, -0.05) is 6.07 Å². The zero-order valence-corrected chi connectivity index (χ0v) is 6.10. The van der Waals surface area contributed by atoms with Crippen LogP contribution in [0, 0.1) is 0 Å².